The molecule has 0 amide bonds. The summed E-state index contributed by atoms with van der Waals surface area (Å²) in [6.45, 7) is 11.1. The van der Waals surface area contributed by atoms with Gasteiger partial charge in [-0.3, -0.25) is 4.90 Å². The van der Waals surface area contributed by atoms with Gasteiger partial charge < -0.3 is 10.6 Å². The highest BCUT2D eigenvalue weighted by molar-refractivity contribution is 4.77. The van der Waals surface area contributed by atoms with E-state index in [-0.39, 0.29) is 0 Å². The quantitative estimate of drug-likeness (QED) is 0.637. The Morgan fingerprint density at radius 3 is 2.18 bits per heavy atom. The molecule has 0 spiro atoms. The lowest BCUT2D eigenvalue weighted by Gasteiger charge is -2.34. The zero-order chi connectivity index (χ0) is 13.3. The van der Waals surface area contributed by atoms with Gasteiger partial charge in [0.05, 0.1) is 0 Å². The van der Waals surface area contributed by atoms with E-state index >= 15 is 0 Å². The number of nitrogens with zero attached hydrogens (tertiary/aromatic N) is 2. The van der Waals surface area contributed by atoms with Gasteiger partial charge in [0, 0.05) is 12.6 Å². The van der Waals surface area contributed by atoms with E-state index in [4.69, 9.17) is 5.73 Å². The predicted octanol–water partition coefficient (Wildman–Crippen LogP) is 2.02. The normalized spacial score (nSPS) is 15.5. The molecule has 0 aliphatic carbocycles. The van der Waals surface area contributed by atoms with Crippen LogP contribution in [0.2, 0.25) is 0 Å². The minimum Gasteiger partial charge on any atom is -0.329 e. The monoisotopic (exact) mass is 243 g/mol. The second-order valence-electron chi connectivity index (χ2n) is 5.35. The van der Waals surface area contributed by atoms with Crippen molar-refractivity contribution in [1.82, 2.24) is 9.80 Å². The number of rotatable bonds is 10. The van der Waals surface area contributed by atoms with Gasteiger partial charge in [-0.25, -0.2) is 0 Å². The smallest absolute Gasteiger partial charge is 0.0243 e. The Labute approximate surface area is 108 Å². The summed E-state index contributed by atoms with van der Waals surface area (Å²) in [5, 5.41) is 0. The molecule has 0 saturated heterocycles. The van der Waals surface area contributed by atoms with Gasteiger partial charge in [-0.2, -0.15) is 0 Å². The van der Waals surface area contributed by atoms with Crippen LogP contribution in [0, 0.1) is 5.92 Å². The van der Waals surface area contributed by atoms with Crippen molar-refractivity contribution in [2.45, 2.75) is 46.1 Å². The molecule has 0 heterocycles. The Bertz CT molecular complexity index is 171. The summed E-state index contributed by atoms with van der Waals surface area (Å²) in [5.41, 5.74) is 5.96. The molecule has 0 radical (unpaired) electrons. The first-order chi connectivity index (χ1) is 8.06. The number of hydrogen-bond donors (Lipinski definition) is 1. The van der Waals surface area contributed by atoms with Crippen LogP contribution in [0.25, 0.3) is 0 Å². The van der Waals surface area contributed by atoms with Gasteiger partial charge in [-0.1, -0.05) is 27.2 Å². The average Bonchev–Trinajstić information content (AvgIpc) is 2.27. The molecule has 2 N–H and O–H groups in total. The number of nitrogens with two attached hydrogens (primary N) is 1. The van der Waals surface area contributed by atoms with Crippen LogP contribution in [0.3, 0.4) is 0 Å². The minimum absolute atomic E-state index is 0.558. The lowest BCUT2D eigenvalue weighted by molar-refractivity contribution is 0.148. The molecule has 2 unspecified atom stereocenters. The summed E-state index contributed by atoms with van der Waals surface area (Å²) >= 11 is 0. The maximum Gasteiger partial charge on any atom is 0.0243 e. The van der Waals surface area contributed by atoms with Crippen LogP contribution in [0.5, 0.6) is 0 Å². The van der Waals surface area contributed by atoms with E-state index in [1.807, 2.05) is 0 Å². The average molecular weight is 243 g/mol. The van der Waals surface area contributed by atoms with Crippen LogP contribution in [-0.4, -0.2) is 56.1 Å². The Balaban J connectivity index is 4.17. The molecule has 3 nitrogen and oxygen atoms in total. The number of hydrogen-bond acceptors (Lipinski definition) is 3. The van der Waals surface area contributed by atoms with Crippen molar-refractivity contribution in [3.63, 3.8) is 0 Å². The van der Waals surface area contributed by atoms with Crippen molar-refractivity contribution in [2.24, 2.45) is 11.7 Å². The molecular weight excluding hydrogens is 210 g/mol. The van der Waals surface area contributed by atoms with Crippen molar-refractivity contribution in [3.05, 3.63) is 0 Å². The molecule has 0 aromatic carbocycles. The summed E-state index contributed by atoms with van der Waals surface area (Å²) in [6.07, 6.45) is 3.77. The van der Waals surface area contributed by atoms with Gasteiger partial charge in [-0.15, -0.1) is 0 Å². The van der Waals surface area contributed by atoms with Crippen LogP contribution in [-0.2, 0) is 0 Å². The molecule has 17 heavy (non-hydrogen) atoms. The fourth-order valence-electron chi connectivity index (χ4n) is 2.54. The first-order valence-electron chi connectivity index (χ1n) is 7.15. The Kier molecular flexibility index (Phi) is 9.79. The third-order valence-electron chi connectivity index (χ3n) is 3.57. The largest absolute Gasteiger partial charge is 0.329 e. The third-order valence-corrected chi connectivity index (χ3v) is 3.57. The van der Waals surface area contributed by atoms with E-state index in [1.54, 1.807) is 0 Å². The molecule has 0 fully saturated rings. The molecule has 0 bridgehead atoms. The van der Waals surface area contributed by atoms with E-state index in [2.05, 4.69) is 44.7 Å². The minimum atomic E-state index is 0.558. The first-order valence-corrected chi connectivity index (χ1v) is 7.15. The Morgan fingerprint density at radius 1 is 1.12 bits per heavy atom. The molecular formula is C14H33N3. The van der Waals surface area contributed by atoms with E-state index < -0.39 is 0 Å². The molecule has 0 aromatic rings. The third kappa shape index (κ3) is 7.02. The van der Waals surface area contributed by atoms with E-state index in [1.165, 1.54) is 25.8 Å². The van der Waals surface area contributed by atoms with Crippen molar-refractivity contribution >= 4 is 0 Å². The van der Waals surface area contributed by atoms with Crippen LogP contribution in [0.1, 0.15) is 40.0 Å². The van der Waals surface area contributed by atoms with Gasteiger partial charge >= 0.3 is 0 Å². The first kappa shape index (κ1) is 16.9. The number of likely N-dealkylation sites (N-methyl/N-ethyl adjacent to an activating group) is 1. The van der Waals surface area contributed by atoms with Crippen LogP contribution in [0.15, 0.2) is 0 Å². The maximum absolute atomic E-state index is 5.96. The van der Waals surface area contributed by atoms with Gasteiger partial charge in [0.15, 0.2) is 0 Å². The molecule has 3 heteroatoms. The predicted molar refractivity (Wildman–Crippen MR) is 77.3 cm³/mol. The molecule has 0 rings (SSSR count). The van der Waals surface area contributed by atoms with Gasteiger partial charge in [-0.05, 0) is 52.5 Å². The zero-order valence-electron chi connectivity index (χ0n) is 12.6. The van der Waals surface area contributed by atoms with E-state index in [0.717, 1.165) is 19.6 Å². The molecule has 0 aliphatic heterocycles. The highest BCUT2D eigenvalue weighted by Crippen LogP contribution is 2.16. The molecule has 0 saturated carbocycles. The van der Waals surface area contributed by atoms with Crippen molar-refractivity contribution in [3.8, 4) is 0 Å². The fraction of sp³-hybridized carbons (Fsp3) is 1.00. The van der Waals surface area contributed by atoms with Crippen molar-refractivity contribution in [1.29, 1.82) is 0 Å². The molecule has 104 valence electrons. The van der Waals surface area contributed by atoms with Crippen LogP contribution in [0.4, 0.5) is 0 Å². The summed E-state index contributed by atoms with van der Waals surface area (Å²) in [7, 11) is 4.27. The van der Waals surface area contributed by atoms with Crippen LogP contribution >= 0.6 is 0 Å². The summed E-state index contributed by atoms with van der Waals surface area (Å²) in [5.74, 6) is 0.712. The van der Waals surface area contributed by atoms with Gasteiger partial charge in [0.1, 0.15) is 0 Å². The standard InChI is InChI=1S/C14H33N3/c1-6-9-13(3)14(12-15)17(7-2)11-8-10-16(4)5/h13-14H,6-12,15H2,1-5H3. The van der Waals surface area contributed by atoms with E-state index in [0.29, 0.717) is 12.0 Å². The fourth-order valence-corrected chi connectivity index (χ4v) is 2.54. The highest BCUT2D eigenvalue weighted by Gasteiger charge is 2.21. The van der Waals surface area contributed by atoms with Crippen LogP contribution < -0.4 is 5.73 Å². The summed E-state index contributed by atoms with van der Waals surface area (Å²) < 4.78 is 0. The van der Waals surface area contributed by atoms with E-state index in [9.17, 15) is 0 Å². The lowest BCUT2D eigenvalue weighted by Crippen LogP contribution is -2.45. The summed E-state index contributed by atoms with van der Waals surface area (Å²) in [4.78, 5) is 4.81. The van der Waals surface area contributed by atoms with Crippen molar-refractivity contribution < 1.29 is 0 Å². The second-order valence-corrected chi connectivity index (χ2v) is 5.35. The lowest BCUT2D eigenvalue weighted by atomic mass is 9.95. The second kappa shape index (κ2) is 9.86. The molecule has 2 atom stereocenters. The zero-order valence-corrected chi connectivity index (χ0v) is 12.6. The topological polar surface area (TPSA) is 32.5 Å². The Morgan fingerprint density at radius 2 is 1.76 bits per heavy atom. The SMILES string of the molecule is CCCC(C)C(CN)N(CC)CCCN(C)C. The molecule has 0 aromatic heterocycles. The maximum atomic E-state index is 5.96. The van der Waals surface area contributed by atoms with Crippen molar-refractivity contribution in [2.75, 3.05) is 40.3 Å². The highest BCUT2D eigenvalue weighted by atomic mass is 15.2. The Hall–Kier alpha value is -0.120. The molecule has 0 aliphatic rings. The summed E-state index contributed by atoms with van der Waals surface area (Å²) in [6, 6.07) is 0.558. The van der Waals surface area contributed by atoms with Gasteiger partial charge in [0.25, 0.3) is 0 Å². The van der Waals surface area contributed by atoms with Gasteiger partial charge in [0.2, 0.25) is 0 Å².